The predicted octanol–water partition coefficient (Wildman–Crippen LogP) is 3.57. The summed E-state index contributed by atoms with van der Waals surface area (Å²) < 4.78 is 12.9. The smallest absolute Gasteiger partial charge is 0.176 e. The molecule has 0 aliphatic heterocycles. The molecule has 4 bridgehead atoms. The van der Waals surface area contributed by atoms with E-state index in [1.807, 2.05) is 0 Å². The van der Waals surface area contributed by atoms with Gasteiger partial charge in [-0.25, -0.2) is 4.39 Å². The topological polar surface area (TPSA) is 29.1 Å². The molecule has 0 spiro atoms. The van der Waals surface area contributed by atoms with Crippen molar-refractivity contribution in [3.8, 4) is 0 Å². The molecule has 5 rings (SSSR count). The highest BCUT2D eigenvalue weighted by Crippen LogP contribution is 2.55. The van der Waals surface area contributed by atoms with Gasteiger partial charge in [0.15, 0.2) is 5.78 Å². The van der Waals surface area contributed by atoms with E-state index in [9.17, 15) is 9.18 Å². The summed E-state index contributed by atoms with van der Waals surface area (Å²) >= 11 is 0. The van der Waals surface area contributed by atoms with Crippen LogP contribution in [0.2, 0.25) is 0 Å². The summed E-state index contributed by atoms with van der Waals surface area (Å²) in [4.78, 5) is 12.3. The van der Waals surface area contributed by atoms with Gasteiger partial charge in [-0.15, -0.1) is 0 Å². The summed E-state index contributed by atoms with van der Waals surface area (Å²) in [5, 5.41) is 3.60. The fraction of sp³-hybridized carbons (Fsp3) is 0.611. The van der Waals surface area contributed by atoms with Crippen LogP contribution in [0.15, 0.2) is 24.3 Å². The number of carbonyl (C=O) groups excluding carboxylic acids is 1. The molecular weight excluding hydrogens is 265 g/mol. The largest absolute Gasteiger partial charge is 0.304 e. The number of rotatable bonds is 4. The molecule has 4 saturated carbocycles. The number of nitrogens with one attached hydrogen (secondary N) is 1. The minimum atomic E-state index is -0.291. The average molecular weight is 287 g/mol. The molecule has 1 aromatic rings. The van der Waals surface area contributed by atoms with Crippen LogP contribution in [0.1, 0.15) is 48.9 Å². The number of hydrogen-bond acceptors (Lipinski definition) is 2. The molecule has 0 radical (unpaired) electrons. The van der Waals surface area contributed by atoms with Crippen molar-refractivity contribution in [1.29, 1.82) is 0 Å². The Morgan fingerprint density at radius 2 is 1.57 bits per heavy atom. The zero-order valence-corrected chi connectivity index (χ0v) is 12.3. The van der Waals surface area contributed by atoms with Gasteiger partial charge < -0.3 is 5.32 Å². The number of ketones is 1. The maximum Gasteiger partial charge on any atom is 0.176 e. The van der Waals surface area contributed by atoms with E-state index in [-0.39, 0.29) is 17.1 Å². The van der Waals surface area contributed by atoms with E-state index >= 15 is 0 Å². The van der Waals surface area contributed by atoms with Crippen molar-refractivity contribution in [2.24, 2.45) is 17.8 Å². The molecule has 0 amide bonds. The van der Waals surface area contributed by atoms with E-state index in [0.29, 0.717) is 12.1 Å². The Bertz CT molecular complexity index is 516. The van der Waals surface area contributed by atoms with Gasteiger partial charge in [0.2, 0.25) is 0 Å². The molecule has 0 atom stereocenters. The maximum absolute atomic E-state index is 12.9. The summed E-state index contributed by atoms with van der Waals surface area (Å²) in [7, 11) is 0. The zero-order valence-electron chi connectivity index (χ0n) is 12.3. The molecule has 4 aliphatic carbocycles. The molecule has 0 saturated heterocycles. The van der Waals surface area contributed by atoms with Crippen molar-refractivity contribution < 1.29 is 9.18 Å². The van der Waals surface area contributed by atoms with Crippen LogP contribution in [0, 0.1) is 23.6 Å². The highest BCUT2D eigenvalue weighted by atomic mass is 19.1. The molecular formula is C18H22FNO. The lowest BCUT2D eigenvalue weighted by Crippen LogP contribution is -2.59. The number of benzene rings is 1. The lowest BCUT2D eigenvalue weighted by atomic mass is 9.53. The van der Waals surface area contributed by atoms with E-state index in [1.54, 1.807) is 12.1 Å². The van der Waals surface area contributed by atoms with Crippen LogP contribution in [0.4, 0.5) is 4.39 Å². The number of halogens is 1. The van der Waals surface area contributed by atoms with Crippen molar-refractivity contribution in [3.05, 3.63) is 35.6 Å². The highest BCUT2D eigenvalue weighted by molar-refractivity contribution is 5.97. The van der Waals surface area contributed by atoms with Crippen LogP contribution in [0.25, 0.3) is 0 Å². The summed E-state index contributed by atoms with van der Waals surface area (Å²) in [6.45, 7) is 0.387. The van der Waals surface area contributed by atoms with Crippen LogP contribution in [-0.2, 0) is 0 Å². The Morgan fingerprint density at radius 1 is 1.05 bits per heavy atom. The first-order valence-electron chi connectivity index (χ1n) is 8.16. The van der Waals surface area contributed by atoms with Gasteiger partial charge in [-0.3, -0.25) is 4.79 Å². The third-order valence-corrected chi connectivity index (χ3v) is 5.83. The van der Waals surface area contributed by atoms with E-state index in [4.69, 9.17) is 0 Å². The van der Waals surface area contributed by atoms with Crippen molar-refractivity contribution >= 4 is 5.78 Å². The second kappa shape index (κ2) is 4.91. The summed E-state index contributed by atoms with van der Waals surface area (Å²) in [6.07, 6.45) is 7.97. The predicted molar refractivity (Wildman–Crippen MR) is 79.6 cm³/mol. The maximum atomic E-state index is 12.9. The summed E-state index contributed by atoms with van der Waals surface area (Å²) in [6, 6.07) is 5.88. The van der Waals surface area contributed by atoms with Crippen LogP contribution in [-0.4, -0.2) is 17.9 Å². The molecule has 2 nitrogen and oxygen atoms in total. The quantitative estimate of drug-likeness (QED) is 0.858. The monoisotopic (exact) mass is 287 g/mol. The lowest BCUT2D eigenvalue weighted by molar-refractivity contribution is -0.0186. The Labute approximate surface area is 125 Å². The molecule has 112 valence electrons. The Hall–Kier alpha value is -1.22. The third kappa shape index (κ3) is 2.52. The lowest BCUT2D eigenvalue weighted by Gasteiger charge is -2.57. The normalized spacial score (nSPS) is 36.9. The first-order chi connectivity index (χ1) is 10.1. The molecule has 1 aromatic carbocycles. The summed E-state index contributed by atoms with van der Waals surface area (Å²) in [5.74, 6) is 2.42. The van der Waals surface area contributed by atoms with E-state index < -0.39 is 0 Å². The van der Waals surface area contributed by atoms with Crippen LogP contribution in [0.3, 0.4) is 0 Å². The standard InChI is InChI=1S/C18H22FNO/c19-16-3-1-15(2-4-16)17(21)11-20-18-8-12-5-13(9-18)7-14(6-12)10-18/h1-4,12-14,20H,5-11H2. The number of Topliss-reactive ketones (excluding diaryl/α,β-unsaturated/α-hetero) is 1. The first kappa shape index (κ1) is 13.4. The van der Waals surface area contributed by atoms with Gasteiger partial charge in [-0.05, 0) is 80.5 Å². The van der Waals surface area contributed by atoms with E-state index in [1.165, 1.54) is 50.7 Å². The van der Waals surface area contributed by atoms with Crippen molar-refractivity contribution in [2.75, 3.05) is 6.54 Å². The fourth-order valence-electron chi connectivity index (χ4n) is 5.33. The molecule has 4 fully saturated rings. The van der Waals surface area contributed by atoms with Gasteiger partial charge in [0, 0.05) is 11.1 Å². The van der Waals surface area contributed by atoms with Crippen LogP contribution >= 0.6 is 0 Å². The first-order valence-corrected chi connectivity index (χ1v) is 8.16. The van der Waals surface area contributed by atoms with E-state index in [0.717, 1.165) is 17.8 Å². The second-order valence-corrected chi connectivity index (χ2v) is 7.48. The van der Waals surface area contributed by atoms with Crippen molar-refractivity contribution in [2.45, 2.75) is 44.1 Å². The van der Waals surface area contributed by atoms with Gasteiger partial charge in [0.05, 0.1) is 6.54 Å². The highest BCUT2D eigenvalue weighted by Gasteiger charge is 2.50. The number of carbonyl (C=O) groups is 1. The van der Waals surface area contributed by atoms with Gasteiger partial charge in [0.1, 0.15) is 5.82 Å². The summed E-state index contributed by atoms with van der Waals surface area (Å²) in [5.41, 5.74) is 0.818. The fourth-order valence-corrected chi connectivity index (χ4v) is 5.33. The second-order valence-electron chi connectivity index (χ2n) is 7.48. The van der Waals surface area contributed by atoms with Gasteiger partial charge in [0.25, 0.3) is 0 Å². The Morgan fingerprint density at radius 3 is 2.10 bits per heavy atom. The molecule has 4 aliphatic rings. The Balaban J connectivity index is 1.42. The third-order valence-electron chi connectivity index (χ3n) is 5.83. The molecule has 21 heavy (non-hydrogen) atoms. The minimum absolute atomic E-state index is 0.0748. The zero-order chi connectivity index (χ0) is 14.4. The SMILES string of the molecule is O=C(CNC12CC3CC(CC(C3)C1)C2)c1ccc(F)cc1. The van der Waals surface area contributed by atoms with Gasteiger partial charge in [-0.2, -0.15) is 0 Å². The van der Waals surface area contributed by atoms with Crippen molar-refractivity contribution in [3.63, 3.8) is 0 Å². The average Bonchev–Trinajstić information content (AvgIpc) is 2.44. The van der Waals surface area contributed by atoms with Crippen molar-refractivity contribution in [1.82, 2.24) is 5.32 Å². The molecule has 0 heterocycles. The van der Waals surface area contributed by atoms with Crippen LogP contribution in [0.5, 0.6) is 0 Å². The molecule has 0 unspecified atom stereocenters. The Kier molecular flexibility index (Phi) is 3.14. The van der Waals surface area contributed by atoms with Gasteiger partial charge in [-0.1, -0.05) is 0 Å². The molecule has 0 aromatic heterocycles. The molecule has 1 N–H and O–H groups in total. The van der Waals surface area contributed by atoms with E-state index in [2.05, 4.69) is 5.32 Å². The molecule has 3 heteroatoms. The minimum Gasteiger partial charge on any atom is -0.304 e. The van der Waals surface area contributed by atoms with Crippen LogP contribution < -0.4 is 5.32 Å². The number of hydrogen-bond donors (Lipinski definition) is 1. The van der Waals surface area contributed by atoms with Gasteiger partial charge >= 0.3 is 0 Å².